The first-order chi connectivity index (χ1) is 12.8. The lowest BCUT2D eigenvalue weighted by Crippen LogP contribution is -2.34. The molecule has 2 fully saturated rings. The van der Waals surface area contributed by atoms with Crippen molar-refractivity contribution in [3.8, 4) is 5.75 Å². The molecular formula is C19H30ClN3O4S. The van der Waals surface area contributed by atoms with Crippen molar-refractivity contribution < 1.29 is 17.9 Å². The van der Waals surface area contributed by atoms with E-state index < -0.39 is 10.0 Å². The molecular weight excluding hydrogens is 402 g/mol. The molecule has 3 rings (SSSR count). The van der Waals surface area contributed by atoms with Crippen molar-refractivity contribution in [2.75, 3.05) is 33.3 Å². The van der Waals surface area contributed by atoms with Crippen LogP contribution in [-0.4, -0.2) is 62.9 Å². The number of halogens is 1. The lowest BCUT2D eigenvalue weighted by molar-refractivity contribution is 0.0776. The van der Waals surface area contributed by atoms with E-state index in [2.05, 4.69) is 0 Å². The molecule has 1 aliphatic heterocycles. The van der Waals surface area contributed by atoms with Crippen molar-refractivity contribution in [3.05, 3.63) is 23.8 Å². The van der Waals surface area contributed by atoms with Gasteiger partial charge in [0.25, 0.3) is 5.91 Å². The van der Waals surface area contributed by atoms with Crippen molar-refractivity contribution in [1.29, 1.82) is 0 Å². The number of nitrogens with two attached hydrogens (primary N) is 1. The zero-order chi connectivity index (χ0) is 19.8. The summed E-state index contributed by atoms with van der Waals surface area (Å²) in [6.07, 6.45) is 2.06. The van der Waals surface area contributed by atoms with Crippen LogP contribution in [0.2, 0.25) is 0 Å². The molecule has 2 aliphatic rings. The van der Waals surface area contributed by atoms with Gasteiger partial charge in [0.15, 0.2) is 0 Å². The fourth-order valence-corrected chi connectivity index (χ4v) is 5.86. The van der Waals surface area contributed by atoms with Crippen LogP contribution in [0.4, 0.5) is 0 Å². The van der Waals surface area contributed by atoms with E-state index >= 15 is 0 Å². The second-order valence-electron chi connectivity index (χ2n) is 7.33. The van der Waals surface area contributed by atoms with E-state index in [1.54, 1.807) is 24.8 Å². The fraction of sp³-hybridized carbons (Fsp3) is 0.632. The third-order valence-electron chi connectivity index (χ3n) is 5.94. The van der Waals surface area contributed by atoms with Gasteiger partial charge in [-0.25, -0.2) is 8.42 Å². The second-order valence-corrected chi connectivity index (χ2v) is 9.26. The van der Waals surface area contributed by atoms with Crippen molar-refractivity contribution in [1.82, 2.24) is 9.21 Å². The number of amides is 1. The Kier molecular flexibility index (Phi) is 7.36. The quantitative estimate of drug-likeness (QED) is 0.743. The van der Waals surface area contributed by atoms with E-state index in [4.69, 9.17) is 10.5 Å². The summed E-state index contributed by atoms with van der Waals surface area (Å²) in [5, 5.41) is 0. The summed E-state index contributed by atoms with van der Waals surface area (Å²) in [5.41, 5.74) is 6.47. The topological polar surface area (TPSA) is 92.9 Å². The van der Waals surface area contributed by atoms with Gasteiger partial charge in [-0.1, -0.05) is 13.8 Å². The summed E-state index contributed by atoms with van der Waals surface area (Å²) < 4.78 is 32.4. The first-order valence-electron chi connectivity index (χ1n) is 9.56. The van der Waals surface area contributed by atoms with Crippen LogP contribution in [-0.2, 0) is 10.0 Å². The molecule has 0 spiro atoms. The number of hydrogen-bond acceptors (Lipinski definition) is 5. The summed E-state index contributed by atoms with van der Waals surface area (Å²) in [4.78, 5) is 15.1. The largest absolute Gasteiger partial charge is 0.496 e. The maximum Gasteiger partial charge on any atom is 0.257 e. The van der Waals surface area contributed by atoms with Gasteiger partial charge in [-0.2, -0.15) is 4.31 Å². The molecule has 9 heteroatoms. The number of carbonyl (C=O) groups excluding carboxylic acids is 1. The zero-order valence-electron chi connectivity index (χ0n) is 16.6. The van der Waals surface area contributed by atoms with E-state index in [1.165, 1.54) is 23.5 Å². The number of hydrogen-bond donors (Lipinski definition) is 1. The first kappa shape index (κ1) is 22.9. The molecule has 0 aromatic heterocycles. The van der Waals surface area contributed by atoms with Crippen LogP contribution < -0.4 is 10.5 Å². The van der Waals surface area contributed by atoms with Gasteiger partial charge in [-0.05, 0) is 42.9 Å². The third kappa shape index (κ3) is 4.01. The van der Waals surface area contributed by atoms with Gasteiger partial charge in [0, 0.05) is 32.2 Å². The SMILES string of the molecule is CCN(CC)S(=O)(=O)c1ccc(OC)c(C(=O)N2CC3CCC(N)C3C2)c1.Cl. The first-order valence-corrected chi connectivity index (χ1v) is 11.0. The van der Waals surface area contributed by atoms with Gasteiger partial charge in [0.2, 0.25) is 10.0 Å². The number of fused-ring (bicyclic) bond motifs is 1. The molecule has 1 saturated carbocycles. The average molecular weight is 432 g/mol. The van der Waals surface area contributed by atoms with Crippen LogP contribution in [0, 0.1) is 11.8 Å². The number of ether oxygens (including phenoxy) is 1. The highest BCUT2D eigenvalue weighted by atomic mass is 35.5. The van der Waals surface area contributed by atoms with Gasteiger partial charge in [0.05, 0.1) is 17.6 Å². The predicted octanol–water partition coefficient (Wildman–Crippen LogP) is 1.96. The standard InChI is InChI=1S/C19H29N3O4S.ClH/c1-4-22(5-2)27(24,25)14-7-9-18(26-3)15(10-14)19(23)21-11-13-6-8-17(20)16(13)12-21;/h7,9-10,13,16-17H,4-6,8,11-12,20H2,1-3H3;1H. The van der Waals surface area contributed by atoms with Crippen LogP contribution in [0.5, 0.6) is 5.75 Å². The summed E-state index contributed by atoms with van der Waals surface area (Å²) in [7, 11) is -2.16. The number of benzene rings is 1. The van der Waals surface area contributed by atoms with Crippen LogP contribution in [0.3, 0.4) is 0 Å². The Balaban J connectivity index is 0.00000280. The maximum absolute atomic E-state index is 13.1. The van der Waals surface area contributed by atoms with E-state index in [-0.39, 0.29) is 29.3 Å². The minimum Gasteiger partial charge on any atom is -0.496 e. The summed E-state index contributed by atoms with van der Waals surface area (Å²) in [6, 6.07) is 4.65. The highest BCUT2D eigenvalue weighted by Gasteiger charge is 2.43. The molecule has 3 unspecified atom stereocenters. The molecule has 1 aromatic carbocycles. The molecule has 2 N–H and O–H groups in total. The molecule has 28 heavy (non-hydrogen) atoms. The summed E-state index contributed by atoms with van der Waals surface area (Å²) in [6.45, 7) is 5.64. The minimum atomic E-state index is -3.64. The van der Waals surface area contributed by atoms with Crippen LogP contribution >= 0.6 is 12.4 Å². The number of carbonyl (C=O) groups is 1. The Hall–Kier alpha value is -1.35. The zero-order valence-corrected chi connectivity index (χ0v) is 18.3. The van der Waals surface area contributed by atoms with Crippen molar-refractivity contribution in [2.45, 2.75) is 37.6 Å². The molecule has 1 saturated heterocycles. The van der Waals surface area contributed by atoms with Gasteiger partial charge in [0.1, 0.15) is 5.75 Å². The van der Waals surface area contributed by atoms with Crippen LogP contribution in [0.25, 0.3) is 0 Å². The van der Waals surface area contributed by atoms with Gasteiger partial charge >= 0.3 is 0 Å². The third-order valence-corrected chi connectivity index (χ3v) is 7.99. The molecule has 3 atom stereocenters. The molecule has 158 valence electrons. The smallest absolute Gasteiger partial charge is 0.257 e. The lowest BCUT2D eigenvalue weighted by atomic mass is 9.98. The number of methoxy groups -OCH3 is 1. The fourth-order valence-electron chi connectivity index (χ4n) is 4.37. The number of likely N-dealkylation sites (tertiary alicyclic amines) is 1. The Morgan fingerprint density at radius 2 is 1.93 bits per heavy atom. The Morgan fingerprint density at radius 3 is 2.50 bits per heavy atom. The van der Waals surface area contributed by atoms with E-state index in [0.717, 1.165) is 12.8 Å². The van der Waals surface area contributed by atoms with Crippen LogP contribution in [0.15, 0.2) is 23.1 Å². The number of nitrogens with zero attached hydrogens (tertiary/aromatic N) is 2. The summed E-state index contributed by atoms with van der Waals surface area (Å²) in [5.74, 6) is 0.977. The molecule has 1 amide bonds. The normalized spacial score (nSPS) is 24.2. The lowest BCUT2D eigenvalue weighted by Gasteiger charge is -2.22. The highest BCUT2D eigenvalue weighted by Crippen LogP contribution is 2.38. The van der Waals surface area contributed by atoms with E-state index in [0.29, 0.717) is 49.3 Å². The van der Waals surface area contributed by atoms with Gasteiger partial charge < -0.3 is 15.4 Å². The average Bonchev–Trinajstić information content (AvgIpc) is 3.23. The Bertz CT molecular complexity index is 813. The van der Waals surface area contributed by atoms with Gasteiger partial charge in [-0.3, -0.25) is 4.79 Å². The van der Waals surface area contributed by atoms with Crippen LogP contribution in [0.1, 0.15) is 37.0 Å². The maximum atomic E-state index is 13.1. The second kappa shape index (κ2) is 8.98. The highest BCUT2D eigenvalue weighted by molar-refractivity contribution is 7.89. The molecule has 7 nitrogen and oxygen atoms in total. The molecule has 1 heterocycles. The molecule has 0 bridgehead atoms. The van der Waals surface area contributed by atoms with E-state index in [1.807, 2.05) is 0 Å². The Morgan fingerprint density at radius 1 is 1.25 bits per heavy atom. The predicted molar refractivity (Wildman–Crippen MR) is 110 cm³/mol. The number of rotatable bonds is 6. The van der Waals surface area contributed by atoms with E-state index in [9.17, 15) is 13.2 Å². The molecule has 0 radical (unpaired) electrons. The number of sulfonamides is 1. The summed E-state index contributed by atoms with van der Waals surface area (Å²) >= 11 is 0. The molecule has 1 aliphatic carbocycles. The van der Waals surface area contributed by atoms with Crippen molar-refractivity contribution in [3.63, 3.8) is 0 Å². The van der Waals surface area contributed by atoms with Crippen molar-refractivity contribution >= 4 is 28.3 Å². The monoisotopic (exact) mass is 431 g/mol. The molecule has 1 aromatic rings. The van der Waals surface area contributed by atoms with Crippen molar-refractivity contribution in [2.24, 2.45) is 17.6 Å². The Labute approximate surface area is 173 Å². The minimum absolute atomic E-state index is 0. The van der Waals surface area contributed by atoms with Gasteiger partial charge in [-0.15, -0.1) is 12.4 Å².